The number of carbonyl (C=O) groups is 1. The number of amides is 1. The summed E-state index contributed by atoms with van der Waals surface area (Å²) in [4.78, 5) is 12.5. The van der Waals surface area contributed by atoms with Crippen LogP contribution in [0.3, 0.4) is 0 Å². The lowest BCUT2D eigenvalue weighted by Crippen LogP contribution is -2.37. The van der Waals surface area contributed by atoms with Crippen LogP contribution in [0.1, 0.15) is 30.0 Å². The Hall–Kier alpha value is -2.69. The molecule has 0 radical (unpaired) electrons. The van der Waals surface area contributed by atoms with Crippen molar-refractivity contribution in [2.45, 2.75) is 39.8 Å². The van der Waals surface area contributed by atoms with Crippen molar-refractivity contribution in [3.05, 3.63) is 53.1 Å². The summed E-state index contributed by atoms with van der Waals surface area (Å²) in [7, 11) is 3.18. The first kappa shape index (κ1) is 19.6. The number of methoxy groups -OCH3 is 2. The summed E-state index contributed by atoms with van der Waals surface area (Å²) in [6.07, 6.45) is 0.0566. The van der Waals surface area contributed by atoms with E-state index in [9.17, 15) is 4.79 Å². The summed E-state index contributed by atoms with van der Waals surface area (Å²) in [5.74, 6) is 1.91. The first-order valence-electron chi connectivity index (χ1n) is 8.71. The predicted octanol–water partition coefficient (Wildman–Crippen LogP) is 3.79. The Morgan fingerprint density at radius 2 is 1.73 bits per heavy atom. The van der Waals surface area contributed by atoms with Crippen LogP contribution >= 0.6 is 0 Å². The fourth-order valence-corrected chi connectivity index (χ4v) is 2.60. The predicted molar refractivity (Wildman–Crippen MR) is 102 cm³/mol. The Kier molecular flexibility index (Phi) is 6.89. The number of aryl methyl sites for hydroxylation is 2. The second-order valence-corrected chi connectivity index (χ2v) is 6.19. The molecule has 26 heavy (non-hydrogen) atoms. The van der Waals surface area contributed by atoms with E-state index >= 15 is 0 Å². The third kappa shape index (κ3) is 4.91. The summed E-state index contributed by atoms with van der Waals surface area (Å²) >= 11 is 0. The molecule has 0 aliphatic rings. The molecule has 0 unspecified atom stereocenters. The highest BCUT2D eigenvalue weighted by Gasteiger charge is 2.19. The van der Waals surface area contributed by atoms with Gasteiger partial charge >= 0.3 is 0 Å². The average Bonchev–Trinajstić information content (AvgIpc) is 2.66. The average molecular weight is 357 g/mol. The van der Waals surface area contributed by atoms with Gasteiger partial charge in [0.1, 0.15) is 5.75 Å². The van der Waals surface area contributed by atoms with Crippen LogP contribution in [0.4, 0.5) is 0 Å². The third-order valence-electron chi connectivity index (χ3n) is 4.19. The molecule has 0 bridgehead atoms. The highest BCUT2D eigenvalue weighted by Crippen LogP contribution is 2.27. The van der Waals surface area contributed by atoms with Crippen molar-refractivity contribution >= 4 is 5.91 Å². The minimum atomic E-state index is -0.532. The van der Waals surface area contributed by atoms with Gasteiger partial charge in [0.25, 0.3) is 5.91 Å². The van der Waals surface area contributed by atoms with E-state index in [1.165, 1.54) is 0 Å². The highest BCUT2D eigenvalue weighted by atomic mass is 16.5. The number of hydrogen-bond acceptors (Lipinski definition) is 4. The third-order valence-corrected chi connectivity index (χ3v) is 4.19. The van der Waals surface area contributed by atoms with E-state index in [1.54, 1.807) is 14.2 Å². The molecule has 2 rings (SSSR count). The van der Waals surface area contributed by atoms with Crippen LogP contribution in [0.15, 0.2) is 36.4 Å². The molecule has 0 spiro atoms. The minimum absolute atomic E-state index is 0.136. The van der Waals surface area contributed by atoms with E-state index in [0.717, 1.165) is 22.4 Å². The second kappa shape index (κ2) is 9.13. The molecule has 1 atom stereocenters. The van der Waals surface area contributed by atoms with Gasteiger partial charge in [0, 0.05) is 6.54 Å². The van der Waals surface area contributed by atoms with Crippen LogP contribution in [0.2, 0.25) is 0 Å². The fourth-order valence-electron chi connectivity index (χ4n) is 2.60. The molecule has 5 heteroatoms. The Labute approximate surface area is 155 Å². The Balaban J connectivity index is 2.02. The molecule has 0 saturated heterocycles. The van der Waals surface area contributed by atoms with Gasteiger partial charge < -0.3 is 19.5 Å². The van der Waals surface area contributed by atoms with Gasteiger partial charge in [-0.05, 0) is 55.2 Å². The largest absolute Gasteiger partial charge is 0.493 e. The van der Waals surface area contributed by atoms with Gasteiger partial charge in [-0.25, -0.2) is 0 Å². The van der Waals surface area contributed by atoms with Crippen LogP contribution in [0.5, 0.6) is 17.2 Å². The SMILES string of the molecule is CC[C@H](Oc1cc(C)ccc1C)C(=O)NCc1ccc(OC)c(OC)c1. The van der Waals surface area contributed by atoms with Gasteiger partial charge in [-0.2, -0.15) is 0 Å². The minimum Gasteiger partial charge on any atom is -0.493 e. The van der Waals surface area contributed by atoms with Crippen LogP contribution < -0.4 is 19.5 Å². The molecule has 0 fully saturated rings. The molecule has 140 valence electrons. The molecule has 0 aliphatic heterocycles. The van der Waals surface area contributed by atoms with Gasteiger partial charge in [-0.3, -0.25) is 4.79 Å². The first-order chi connectivity index (χ1) is 12.5. The molecule has 0 heterocycles. The lowest BCUT2D eigenvalue weighted by atomic mass is 10.1. The summed E-state index contributed by atoms with van der Waals surface area (Å²) in [5, 5.41) is 2.93. The Morgan fingerprint density at radius 3 is 2.38 bits per heavy atom. The zero-order chi connectivity index (χ0) is 19.1. The summed E-state index contributed by atoms with van der Waals surface area (Å²) in [5.41, 5.74) is 3.05. The molecule has 1 N–H and O–H groups in total. The lowest BCUT2D eigenvalue weighted by Gasteiger charge is -2.19. The van der Waals surface area contributed by atoms with Crippen molar-refractivity contribution in [3.63, 3.8) is 0 Å². The Bertz CT molecular complexity index is 758. The van der Waals surface area contributed by atoms with E-state index < -0.39 is 6.10 Å². The van der Waals surface area contributed by atoms with Gasteiger partial charge in [-0.1, -0.05) is 25.1 Å². The van der Waals surface area contributed by atoms with Crippen LogP contribution in [-0.2, 0) is 11.3 Å². The molecule has 0 aliphatic carbocycles. The zero-order valence-corrected chi connectivity index (χ0v) is 16.1. The normalized spacial score (nSPS) is 11.6. The van der Waals surface area contributed by atoms with Gasteiger partial charge in [-0.15, -0.1) is 0 Å². The maximum atomic E-state index is 12.5. The van der Waals surface area contributed by atoms with Crippen molar-refractivity contribution in [2.75, 3.05) is 14.2 Å². The number of rotatable bonds is 8. The standard InChI is InChI=1S/C21H27NO4/c1-6-17(26-19-11-14(2)7-8-15(19)3)21(23)22-13-16-9-10-18(24-4)20(12-16)25-5/h7-12,17H,6,13H2,1-5H3,(H,22,23)/t17-/m0/s1. The maximum absolute atomic E-state index is 12.5. The molecule has 5 nitrogen and oxygen atoms in total. The zero-order valence-electron chi connectivity index (χ0n) is 16.1. The molecular weight excluding hydrogens is 330 g/mol. The number of hydrogen-bond donors (Lipinski definition) is 1. The summed E-state index contributed by atoms with van der Waals surface area (Å²) in [6.45, 7) is 6.31. The van der Waals surface area contributed by atoms with E-state index in [4.69, 9.17) is 14.2 Å². The van der Waals surface area contributed by atoms with Crippen molar-refractivity contribution in [1.82, 2.24) is 5.32 Å². The monoisotopic (exact) mass is 357 g/mol. The quantitative estimate of drug-likeness (QED) is 0.781. The first-order valence-corrected chi connectivity index (χ1v) is 8.71. The lowest BCUT2D eigenvalue weighted by molar-refractivity contribution is -0.128. The molecule has 1 amide bonds. The van der Waals surface area contributed by atoms with Crippen molar-refractivity contribution in [1.29, 1.82) is 0 Å². The fraction of sp³-hybridized carbons (Fsp3) is 0.381. The molecule has 0 saturated carbocycles. The topological polar surface area (TPSA) is 56.8 Å². The number of ether oxygens (including phenoxy) is 3. The number of nitrogens with one attached hydrogen (secondary N) is 1. The Morgan fingerprint density at radius 1 is 1.00 bits per heavy atom. The molecule has 2 aromatic carbocycles. The van der Waals surface area contributed by atoms with Crippen LogP contribution in [0.25, 0.3) is 0 Å². The number of benzene rings is 2. The maximum Gasteiger partial charge on any atom is 0.261 e. The number of carbonyl (C=O) groups excluding carboxylic acids is 1. The van der Waals surface area contributed by atoms with Crippen molar-refractivity contribution in [2.24, 2.45) is 0 Å². The van der Waals surface area contributed by atoms with Crippen LogP contribution in [-0.4, -0.2) is 26.2 Å². The van der Waals surface area contributed by atoms with Crippen LogP contribution in [0, 0.1) is 13.8 Å². The summed E-state index contributed by atoms with van der Waals surface area (Å²) < 4.78 is 16.5. The van der Waals surface area contributed by atoms with Gasteiger partial charge in [0.05, 0.1) is 14.2 Å². The summed E-state index contributed by atoms with van der Waals surface area (Å²) in [6, 6.07) is 11.6. The molecule has 0 aromatic heterocycles. The van der Waals surface area contributed by atoms with E-state index in [-0.39, 0.29) is 5.91 Å². The van der Waals surface area contributed by atoms with E-state index in [0.29, 0.717) is 24.5 Å². The van der Waals surface area contributed by atoms with Gasteiger partial charge in [0.2, 0.25) is 0 Å². The smallest absolute Gasteiger partial charge is 0.261 e. The van der Waals surface area contributed by atoms with Crippen molar-refractivity contribution in [3.8, 4) is 17.2 Å². The molecular formula is C21H27NO4. The highest BCUT2D eigenvalue weighted by molar-refractivity contribution is 5.81. The molecule has 2 aromatic rings. The van der Waals surface area contributed by atoms with E-state index in [2.05, 4.69) is 5.32 Å². The van der Waals surface area contributed by atoms with Gasteiger partial charge in [0.15, 0.2) is 17.6 Å². The van der Waals surface area contributed by atoms with Crippen molar-refractivity contribution < 1.29 is 19.0 Å². The van der Waals surface area contributed by atoms with E-state index in [1.807, 2.05) is 57.2 Å². The second-order valence-electron chi connectivity index (χ2n) is 6.19.